The van der Waals surface area contributed by atoms with E-state index in [4.69, 9.17) is 0 Å². The number of allylic oxidation sites excluding steroid dienone is 2. The van der Waals surface area contributed by atoms with Crippen molar-refractivity contribution in [3.63, 3.8) is 0 Å². The first-order valence-corrected chi connectivity index (χ1v) is 20.9. The normalized spacial score (nSPS) is 17.0. The molecule has 50 heavy (non-hydrogen) atoms. The van der Waals surface area contributed by atoms with Gasteiger partial charge in [0.1, 0.15) is 23.5 Å². The molecule has 0 fully saturated rings. The minimum Gasteiger partial charge on any atom is -0.338 e. The van der Waals surface area contributed by atoms with Crippen LogP contribution in [-0.2, 0) is 26.9 Å². The van der Waals surface area contributed by atoms with Crippen LogP contribution in [0.5, 0.6) is 0 Å². The second-order valence-electron chi connectivity index (χ2n) is 13.5. The Balaban J connectivity index is 1.02. The minimum atomic E-state index is 0.469. The fourth-order valence-electron chi connectivity index (χ4n) is 7.34. The van der Waals surface area contributed by atoms with Crippen LogP contribution >= 0.6 is 46.2 Å². The number of hydrogen-bond donors (Lipinski definition) is 0. The number of thioether (sulfide) groups is 2. The first-order chi connectivity index (χ1) is 24.4. The molecule has 4 aromatic carbocycles. The lowest BCUT2D eigenvalue weighted by Gasteiger charge is -2.18. The van der Waals surface area contributed by atoms with Gasteiger partial charge < -0.3 is 9.80 Å². The van der Waals surface area contributed by atoms with Crippen LogP contribution < -0.4 is 18.9 Å². The molecule has 2 aliphatic rings. The summed E-state index contributed by atoms with van der Waals surface area (Å²) in [6, 6.07) is 35.3. The Bertz CT molecular complexity index is 2070. The molecule has 0 N–H and O–H groups in total. The van der Waals surface area contributed by atoms with Crippen LogP contribution in [0, 0.1) is 11.8 Å². The van der Waals surface area contributed by atoms with Crippen LogP contribution in [-0.4, -0.2) is 14.1 Å². The molecule has 8 rings (SSSR count). The Hall–Kier alpha value is -3.56. The number of fused-ring (bicyclic) bond motifs is 4. The lowest BCUT2D eigenvalue weighted by molar-refractivity contribution is -0.648. The van der Waals surface area contributed by atoms with Crippen molar-refractivity contribution >= 4 is 78.0 Å². The van der Waals surface area contributed by atoms with Crippen molar-refractivity contribution in [1.29, 1.82) is 0 Å². The third-order valence-electron chi connectivity index (χ3n) is 10.2. The molecule has 2 unspecified atom stereocenters. The largest absolute Gasteiger partial charge is 0.338 e. The highest BCUT2D eigenvalue weighted by atomic mass is 32.2. The molecule has 0 spiro atoms. The van der Waals surface area contributed by atoms with Crippen molar-refractivity contribution in [2.45, 2.75) is 48.3 Å². The van der Waals surface area contributed by atoms with Gasteiger partial charge in [0.05, 0.1) is 21.4 Å². The molecule has 4 heterocycles. The molecule has 2 aromatic heterocycles. The van der Waals surface area contributed by atoms with Gasteiger partial charge >= 0.3 is 0 Å². The summed E-state index contributed by atoms with van der Waals surface area (Å²) < 4.78 is 7.59. The molecule has 0 saturated carbocycles. The highest BCUT2D eigenvalue weighted by molar-refractivity contribution is 8.04. The summed E-state index contributed by atoms with van der Waals surface area (Å²) in [7, 11) is 8.94. The van der Waals surface area contributed by atoms with Gasteiger partial charge in [-0.2, -0.15) is 9.13 Å². The number of anilines is 2. The predicted molar refractivity (Wildman–Crippen MR) is 216 cm³/mol. The Kier molecular flexibility index (Phi) is 9.79. The summed E-state index contributed by atoms with van der Waals surface area (Å²) in [5.41, 5.74) is 5.30. The zero-order chi connectivity index (χ0) is 34.2. The number of nitrogens with zero attached hydrogens (tertiary/aromatic N) is 4. The van der Waals surface area contributed by atoms with E-state index in [0.717, 1.165) is 12.8 Å². The molecule has 8 heteroatoms. The minimum absolute atomic E-state index is 0.469. The molecular weight excluding hydrogens is 689 g/mol. The molecule has 0 amide bonds. The maximum atomic E-state index is 2.58. The second kappa shape index (κ2) is 14.6. The topological polar surface area (TPSA) is 14.2 Å². The Labute approximate surface area is 312 Å². The first-order valence-electron chi connectivity index (χ1n) is 17.6. The van der Waals surface area contributed by atoms with Gasteiger partial charge in [-0.15, -0.1) is 0 Å². The number of rotatable bonds is 11. The number of unbranched alkanes of at least 4 members (excludes halogenated alkanes) is 1. The van der Waals surface area contributed by atoms with E-state index in [0.29, 0.717) is 11.8 Å². The fraction of sp³-hybridized carbons (Fsp3) is 0.286. The van der Waals surface area contributed by atoms with Gasteiger partial charge in [-0.05, 0) is 73.2 Å². The highest BCUT2D eigenvalue weighted by Gasteiger charge is 2.27. The van der Waals surface area contributed by atoms with Gasteiger partial charge in [0.15, 0.2) is 0 Å². The Morgan fingerprint density at radius 2 is 0.960 bits per heavy atom. The van der Waals surface area contributed by atoms with E-state index >= 15 is 0 Å². The maximum Gasteiger partial charge on any atom is 0.238 e. The van der Waals surface area contributed by atoms with Crippen LogP contribution in [0.3, 0.4) is 0 Å². The molecular formula is C42H44N4S4+2. The molecule has 0 bridgehead atoms. The van der Waals surface area contributed by atoms with Crippen molar-refractivity contribution in [1.82, 2.24) is 0 Å². The number of para-hydroxylation sites is 4. The number of aromatic nitrogens is 2. The van der Waals surface area contributed by atoms with Gasteiger partial charge in [-0.1, -0.05) is 108 Å². The zero-order valence-corrected chi connectivity index (χ0v) is 32.5. The molecule has 0 saturated heterocycles. The predicted octanol–water partition coefficient (Wildman–Crippen LogP) is 10.5. The summed E-state index contributed by atoms with van der Waals surface area (Å²) >= 11 is 7.76. The average molecular weight is 733 g/mol. The summed E-state index contributed by atoms with van der Waals surface area (Å²) in [5.74, 6) is 0.938. The summed E-state index contributed by atoms with van der Waals surface area (Å²) in [5, 5.41) is 5.63. The van der Waals surface area contributed by atoms with Gasteiger partial charge in [0.25, 0.3) is 0 Å². The monoisotopic (exact) mass is 732 g/mol. The number of thiazole rings is 2. The third kappa shape index (κ3) is 6.75. The lowest BCUT2D eigenvalue weighted by Crippen LogP contribution is -2.32. The lowest BCUT2D eigenvalue weighted by atomic mass is 9.93. The van der Waals surface area contributed by atoms with Crippen molar-refractivity contribution in [2.24, 2.45) is 25.9 Å². The van der Waals surface area contributed by atoms with Gasteiger partial charge in [-0.3, -0.25) is 0 Å². The van der Waals surface area contributed by atoms with E-state index in [1.807, 2.05) is 46.2 Å². The Morgan fingerprint density at radius 1 is 0.560 bits per heavy atom. The van der Waals surface area contributed by atoms with Crippen molar-refractivity contribution in [3.05, 3.63) is 129 Å². The summed E-state index contributed by atoms with van der Waals surface area (Å²) in [6.07, 6.45) is 12.1. The van der Waals surface area contributed by atoms with E-state index in [1.54, 1.807) is 0 Å². The Morgan fingerprint density at radius 3 is 1.38 bits per heavy atom. The van der Waals surface area contributed by atoms with E-state index in [-0.39, 0.29) is 0 Å². The molecule has 6 aromatic rings. The highest BCUT2D eigenvalue weighted by Crippen LogP contribution is 2.47. The number of hydrogen-bond acceptors (Lipinski definition) is 6. The average Bonchev–Trinajstić information content (AvgIpc) is 3.84. The van der Waals surface area contributed by atoms with Gasteiger partial charge in [0, 0.05) is 48.9 Å². The molecule has 2 aliphatic heterocycles. The standard InChI is InChI=1S/C42H44N4S4/c1-43-31-17-7-11-21-35(31)47-39(43)25-29(26-40-44(2)32-18-8-12-22-36(32)48-40)15-5-6-16-30(27-41-45(3)33-19-9-13-23-37(33)49-41)28-42-46(4)34-20-10-14-24-38(34)50-42/h7-14,17-25,27,29-30H,5-6,15-16,26,28H2,1-4H3/q+2/b39-25-,41-27-. The van der Waals surface area contributed by atoms with E-state index < -0.39 is 0 Å². The first kappa shape index (κ1) is 33.6. The number of benzene rings is 4. The van der Waals surface area contributed by atoms with Gasteiger partial charge in [-0.25, -0.2) is 0 Å². The van der Waals surface area contributed by atoms with Gasteiger partial charge in [0.2, 0.25) is 21.0 Å². The second-order valence-corrected chi connectivity index (χ2v) is 17.9. The SMILES string of the molecule is CN1/C(=C/C(CCCCC(/C=C2\Sc3ccccc3N2C)Cc2sc3ccccc3[n+]2C)Cc2sc3ccccc3[n+]2C)Sc2ccccc21. The molecule has 4 nitrogen and oxygen atoms in total. The molecule has 2 atom stereocenters. The van der Waals surface area contributed by atoms with E-state index in [9.17, 15) is 0 Å². The molecule has 254 valence electrons. The molecule has 0 radical (unpaired) electrons. The van der Waals surface area contributed by atoms with Crippen molar-refractivity contribution in [3.8, 4) is 0 Å². The fourth-order valence-corrected chi connectivity index (χ4v) is 12.2. The molecule has 0 aliphatic carbocycles. The van der Waals surface area contributed by atoms with E-state index in [1.165, 1.54) is 87.4 Å². The van der Waals surface area contributed by atoms with Crippen LogP contribution in [0.15, 0.2) is 129 Å². The van der Waals surface area contributed by atoms with Crippen LogP contribution in [0.4, 0.5) is 11.4 Å². The smallest absolute Gasteiger partial charge is 0.238 e. The van der Waals surface area contributed by atoms with Crippen molar-refractivity contribution < 1.29 is 9.13 Å². The van der Waals surface area contributed by atoms with E-state index in [2.05, 4.69) is 156 Å². The third-order valence-corrected chi connectivity index (χ3v) is 15.1. The zero-order valence-electron chi connectivity index (χ0n) is 29.2. The number of aryl methyl sites for hydroxylation is 2. The van der Waals surface area contributed by atoms with Crippen LogP contribution in [0.25, 0.3) is 20.4 Å². The van der Waals surface area contributed by atoms with Crippen LogP contribution in [0.2, 0.25) is 0 Å². The summed E-state index contributed by atoms with van der Waals surface area (Å²) in [4.78, 5) is 7.49. The summed E-state index contributed by atoms with van der Waals surface area (Å²) in [6.45, 7) is 0. The van der Waals surface area contributed by atoms with Crippen LogP contribution in [0.1, 0.15) is 35.7 Å². The quantitative estimate of drug-likeness (QED) is 0.0972. The van der Waals surface area contributed by atoms with Crippen molar-refractivity contribution in [2.75, 3.05) is 23.9 Å². The maximum absolute atomic E-state index is 2.58.